The smallest absolute Gasteiger partial charge is 0.252 e. The van der Waals surface area contributed by atoms with Crippen LogP contribution in [0.15, 0.2) is 48.5 Å². The lowest BCUT2D eigenvalue weighted by molar-refractivity contribution is -0.138. The number of rotatable bonds is 6. The van der Waals surface area contributed by atoms with Crippen molar-refractivity contribution in [2.75, 3.05) is 19.0 Å². The zero-order valence-corrected chi connectivity index (χ0v) is 13.9. The maximum atomic E-state index is 13.7. The van der Waals surface area contributed by atoms with Crippen molar-refractivity contribution in [3.63, 3.8) is 0 Å². The monoisotopic (exact) mass is 342 g/mol. The van der Waals surface area contributed by atoms with Crippen LogP contribution in [0.1, 0.15) is 12.0 Å². The first kappa shape index (κ1) is 17.0. The third-order valence-electron chi connectivity index (χ3n) is 4.24. The number of amides is 2. The van der Waals surface area contributed by atoms with Crippen LogP contribution in [-0.2, 0) is 16.0 Å². The van der Waals surface area contributed by atoms with Gasteiger partial charge in [0, 0.05) is 12.2 Å². The van der Waals surface area contributed by atoms with E-state index in [0.29, 0.717) is 17.7 Å². The van der Waals surface area contributed by atoms with E-state index in [1.54, 1.807) is 49.6 Å². The number of hydrogen-bond donors (Lipinski definition) is 1. The highest BCUT2D eigenvalue weighted by atomic mass is 19.1. The van der Waals surface area contributed by atoms with E-state index in [1.807, 2.05) is 0 Å². The predicted molar refractivity (Wildman–Crippen MR) is 91.8 cm³/mol. The molecule has 0 bridgehead atoms. The molecule has 130 valence electrons. The molecule has 0 spiro atoms. The van der Waals surface area contributed by atoms with Crippen molar-refractivity contribution in [3.05, 3.63) is 59.9 Å². The fourth-order valence-electron chi connectivity index (χ4n) is 2.85. The summed E-state index contributed by atoms with van der Waals surface area (Å²) in [5, 5.41) is 3.07. The van der Waals surface area contributed by atoms with Crippen LogP contribution in [0.5, 0.6) is 5.75 Å². The van der Waals surface area contributed by atoms with Gasteiger partial charge in [-0.3, -0.25) is 14.5 Å². The molecule has 1 atom stereocenters. The van der Waals surface area contributed by atoms with Crippen LogP contribution in [0.3, 0.4) is 0 Å². The Bertz CT molecular complexity index is 776. The van der Waals surface area contributed by atoms with Gasteiger partial charge in [0.2, 0.25) is 5.91 Å². The van der Waals surface area contributed by atoms with Gasteiger partial charge >= 0.3 is 0 Å². The van der Waals surface area contributed by atoms with Crippen LogP contribution in [0, 0.1) is 5.82 Å². The number of hydrogen-bond acceptors (Lipinski definition) is 4. The molecule has 6 heteroatoms. The number of benzene rings is 2. The van der Waals surface area contributed by atoms with E-state index in [0.717, 1.165) is 5.69 Å². The zero-order chi connectivity index (χ0) is 17.8. The van der Waals surface area contributed by atoms with Gasteiger partial charge in [-0.15, -0.1) is 0 Å². The van der Waals surface area contributed by atoms with Crippen LogP contribution < -0.4 is 10.1 Å². The number of likely N-dealkylation sites (tertiary alicyclic amines) is 1. The van der Waals surface area contributed by atoms with Crippen LogP contribution >= 0.6 is 0 Å². The normalized spacial score (nSPS) is 17.0. The van der Waals surface area contributed by atoms with Crippen molar-refractivity contribution in [1.82, 2.24) is 4.90 Å². The van der Waals surface area contributed by atoms with Gasteiger partial charge < -0.3 is 10.1 Å². The molecule has 0 aromatic heterocycles. The fraction of sp³-hybridized carbons (Fsp3) is 0.263. The maximum Gasteiger partial charge on any atom is 0.252 e. The molecule has 0 radical (unpaired) electrons. The number of nitrogens with zero attached hydrogens (tertiary/aromatic N) is 1. The Hall–Kier alpha value is -2.89. The van der Waals surface area contributed by atoms with Crippen LogP contribution in [0.2, 0.25) is 0 Å². The predicted octanol–water partition coefficient (Wildman–Crippen LogP) is 2.62. The van der Waals surface area contributed by atoms with Crippen molar-refractivity contribution < 1.29 is 18.7 Å². The molecule has 0 aliphatic carbocycles. The first-order valence-corrected chi connectivity index (χ1v) is 8.06. The average Bonchev–Trinajstić information content (AvgIpc) is 2.88. The molecule has 25 heavy (non-hydrogen) atoms. The van der Waals surface area contributed by atoms with E-state index in [9.17, 15) is 14.0 Å². The molecule has 1 fully saturated rings. The number of methoxy groups -OCH3 is 1. The van der Waals surface area contributed by atoms with Gasteiger partial charge in [-0.05, 0) is 42.3 Å². The first-order valence-electron chi connectivity index (χ1n) is 8.06. The second-order valence-electron chi connectivity index (χ2n) is 5.85. The highest BCUT2D eigenvalue weighted by Crippen LogP contribution is 2.21. The Morgan fingerprint density at radius 1 is 1.16 bits per heavy atom. The van der Waals surface area contributed by atoms with E-state index in [1.165, 1.54) is 11.0 Å². The molecule has 3 rings (SSSR count). The summed E-state index contributed by atoms with van der Waals surface area (Å²) in [6.45, 7) is 0.180. The highest BCUT2D eigenvalue weighted by Gasteiger charge is 2.38. The Kier molecular flexibility index (Phi) is 4.97. The fourth-order valence-corrected chi connectivity index (χ4v) is 2.85. The van der Waals surface area contributed by atoms with Crippen molar-refractivity contribution >= 4 is 17.5 Å². The van der Waals surface area contributed by atoms with Crippen molar-refractivity contribution in [2.24, 2.45) is 0 Å². The summed E-state index contributed by atoms with van der Waals surface area (Å²) >= 11 is 0. The van der Waals surface area contributed by atoms with Crippen molar-refractivity contribution in [3.8, 4) is 5.75 Å². The minimum absolute atomic E-state index is 0.0993. The third-order valence-corrected chi connectivity index (χ3v) is 4.24. The molecule has 2 aromatic rings. The summed E-state index contributed by atoms with van der Waals surface area (Å²) in [6, 6.07) is 12.9. The zero-order valence-electron chi connectivity index (χ0n) is 13.9. The summed E-state index contributed by atoms with van der Waals surface area (Å²) in [4.78, 5) is 25.8. The molecular weight excluding hydrogens is 323 g/mol. The Labute approximate surface area is 145 Å². The molecule has 1 saturated heterocycles. The van der Waals surface area contributed by atoms with Crippen molar-refractivity contribution in [1.29, 1.82) is 0 Å². The van der Waals surface area contributed by atoms with E-state index in [-0.39, 0.29) is 30.6 Å². The quantitative estimate of drug-likeness (QED) is 0.820. The molecule has 5 nitrogen and oxygen atoms in total. The SMILES string of the molecule is COc1ccc(N[C@@H]2CC(=O)N(CCc3ccccc3F)C2=O)cc1. The molecule has 1 N–H and O–H groups in total. The van der Waals surface area contributed by atoms with Gasteiger partial charge in [0.15, 0.2) is 0 Å². The molecule has 0 saturated carbocycles. The topological polar surface area (TPSA) is 58.6 Å². The second-order valence-corrected chi connectivity index (χ2v) is 5.85. The first-order chi connectivity index (χ1) is 12.1. The molecule has 1 aliphatic rings. The van der Waals surface area contributed by atoms with Gasteiger partial charge in [0.05, 0.1) is 13.5 Å². The van der Waals surface area contributed by atoms with E-state index < -0.39 is 6.04 Å². The molecule has 2 amide bonds. The highest BCUT2D eigenvalue weighted by molar-refractivity contribution is 6.06. The van der Waals surface area contributed by atoms with Gasteiger partial charge in [-0.2, -0.15) is 0 Å². The largest absolute Gasteiger partial charge is 0.497 e. The lowest BCUT2D eigenvalue weighted by Crippen LogP contribution is -2.36. The number of ether oxygens (including phenoxy) is 1. The third kappa shape index (κ3) is 3.79. The number of halogens is 1. The summed E-state index contributed by atoms with van der Waals surface area (Å²) in [5.74, 6) is -0.134. The Balaban J connectivity index is 1.62. The second kappa shape index (κ2) is 7.34. The molecular formula is C19H19FN2O3. The minimum atomic E-state index is -0.596. The number of nitrogens with one attached hydrogen (secondary N) is 1. The molecule has 2 aromatic carbocycles. The summed E-state index contributed by atoms with van der Waals surface area (Å²) in [7, 11) is 1.58. The summed E-state index contributed by atoms with van der Waals surface area (Å²) in [6.07, 6.45) is 0.404. The average molecular weight is 342 g/mol. The van der Waals surface area contributed by atoms with Gasteiger partial charge in [-0.1, -0.05) is 18.2 Å². The van der Waals surface area contributed by atoms with Gasteiger partial charge in [-0.25, -0.2) is 4.39 Å². The van der Waals surface area contributed by atoms with E-state index >= 15 is 0 Å². The van der Waals surface area contributed by atoms with Crippen LogP contribution in [-0.4, -0.2) is 36.4 Å². The van der Waals surface area contributed by atoms with Crippen LogP contribution in [0.25, 0.3) is 0 Å². The Morgan fingerprint density at radius 3 is 2.56 bits per heavy atom. The number of carbonyl (C=O) groups excluding carboxylic acids is 2. The molecule has 1 aliphatic heterocycles. The number of imide groups is 1. The van der Waals surface area contributed by atoms with Gasteiger partial charge in [0.25, 0.3) is 5.91 Å². The molecule has 1 heterocycles. The van der Waals surface area contributed by atoms with Gasteiger partial charge in [0.1, 0.15) is 17.6 Å². The maximum absolute atomic E-state index is 13.7. The van der Waals surface area contributed by atoms with E-state index in [2.05, 4.69) is 5.32 Å². The van der Waals surface area contributed by atoms with Crippen LogP contribution in [0.4, 0.5) is 10.1 Å². The molecule has 0 unspecified atom stereocenters. The summed E-state index contributed by atoms with van der Waals surface area (Å²) in [5.41, 5.74) is 1.23. The lowest BCUT2D eigenvalue weighted by atomic mass is 10.1. The Morgan fingerprint density at radius 2 is 1.88 bits per heavy atom. The number of carbonyl (C=O) groups is 2. The number of anilines is 1. The van der Waals surface area contributed by atoms with E-state index in [4.69, 9.17) is 4.74 Å². The lowest BCUT2D eigenvalue weighted by Gasteiger charge is -2.16. The standard InChI is InChI=1S/C19H19FN2O3/c1-25-15-8-6-14(7-9-15)21-17-12-18(23)22(19(17)24)11-10-13-4-2-3-5-16(13)20/h2-9,17,21H,10-12H2,1H3/t17-/m1/s1. The summed E-state index contributed by atoms with van der Waals surface area (Å²) < 4.78 is 18.8. The van der Waals surface area contributed by atoms with Crippen molar-refractivity contribution in [2.45, 2.75) is 18.9 Å². The minimum Gasteiger partial charge on any atom is -0.497 e.